The Kier molecular flexibility index (Phi) is 5.78. The van der Waals surface area contributed by atoms with Gasteiger partial charge in [0.05, 0.1) is 10.5 Å². The zero-order chi connectivity index (χ0) is 19.5. The van der Waals surface area contributed by atoms with E-state index in [0.29, 0.717) is 5.76 Å². The number of ether oxygens (including phenoxy) is 1. The van der Waals surface area contributed by atoms with Gasteiger partial charge in [0.15, 0.2) is 11.9 Å². The van der Waals surface area contributed by atoms with Crippen LogP contribution in [0.5, 0.6) is 0 Å². The van der Waals surface area contributed by atoms with E-state index in [-0.39, 0.29) is 16.3 Å². The fourth-order valence-corrected chi connectivity index (χ4v) is 2.81. The Balaban J connectivity index is 2.01. The van der Waals surface area contributed by atoms with Crippen molar-refractivity contribution in [1.29, 1.82) is 0 Å². The quantitative estimate of drug-likeness (QED) is 0.752. The maximum atomic E-state index is 12.1. The summed E-state index contributed by atoms with van der Waals surface area (Å²) in [5.74, 6) is -0.581. The number of carbonyl (C=O) groups is 2. The van der Waals surface area contributed by atoms with Crippen LogP contribution in [-0.2, 0) is 19.6 Å². The highest BCUT2D eigenvalue weighted by Crippen LogP contribution is 2.15. The maximum absolute atomic E-state index is 12.1. The first-order valence-electron chi connectivity index (χ1n) is 7.59. The molecule has 1 heterocycles. The lowest BCUT2D eigenvalue weighted by Gasteiger charge is -2.13. The normalized spacial score (nSPS) is 12.7. The van der Waals surface area contributed by atoms with Crippen molar-refractivity contribution in [3.05, 3.63) is 41.7 Å². The Morgan fingerprint density at radius 1 is 1.23 bits per heavy atom. The number of hydrogen-bond donors (Lipinski definition) is 1. The van der Waals surface area contributed by atoms with Crippen LogP contribution in [0.25, 0.3) is 0 Å². The number of esters is 1. The lowest BCUT2D eigenvalue weighted by atomic mass is 10.2. The van der Waals surface area contributed by atoms with E-state index in [0.717, 1.165) is 4.31 Å². The van der Waals surface area contributed by atoms with Gasteiger partial charge in [-0.3, -0.25) is 4.79 Å². The maximum Gasteiger partial charge on any atom is 0.338 e. The van der Waals surface area contributed by atoms with Crippen molar-refractivity contribution in [2.75, 3.05) is 19.4 Å². The number of aromatic nitrogens is 1. The van der Waals surface area contributed by atoms with Gasteiger partial charge in [-0.15, -0.1) is 0 Å². The van der Waals surface area contributed by atoms with Crippen molar-refractivity contribution < 1.29 is 27.3 Å². The van der Waals surface area contributed by atoms with Crippen LogP contribution in [0.2, 0.25) is 0 Å². The fourth-order valence-electron chi connectivity index (χ4n) is 1.91. The number of anilines is 1. The van der Waals surface area contributed by atoms with Crippen molar-refractivity contribution in [3.8, 4) is 0 Å². The second-order valence-corrected chi connectivity index (χ2v) is 7.82. The van der Waals surface area contributed by atoms with E-state index in [1.54, 1.807) is 6.92 Å². The molecule has 2 rings (SSSR count). The molecule has 1 atom stereocenters. The molecule has 9 nitrogen and oxygen atoms in total. The van der Waals surface area contributed by atoms with Gasteiger partial charge in [-0.05, 0) is 38.1 Å². The van der Waals surface area contributed by atoms with Gasteiger partial charge in [0.25, 0.3) is 5.91 Å². The lowest BCUT2D eigenvalue weighted by molar-refractivity contribution is -0.123. The third-order valence-electron chi connectivity index (χ3n) is 3.40. The van der Waals surface area contributed by atoms with Crippen molar-refractivity contribution >= 4 is 27.7 Å². The molecule has 2 aromatic rings. The number of amides is 1. The highest BCUT2D eigenvalue weighted by atomic mass is 32.2. The van der Waals surface area contributed by atoms with E-state index >= 15 is 0 Å². The Hall–Kier alpha value is -2.72. The number of nitrogens with zero attached hydrogens (tertiary/aromatic N) is 2. The summed E-state index contributed by atoms with van der Waals surface area (Å²) in [5.41, 5.74) is 0.125. The molecule has 0 saturated heterocycles. The summed E-state index contributed by atoms with van der Waals surface area (Å²) in [6.45, 7) is 3.08. The minimum Gasteiger partial charge on any atom is -0.449 e. The predicted octanol–water partition coefficient (Wildman–Crippen LogP) is 1.42. The summed E-state index contributed by atoms with van der Waals surface area (Å²) in [5, 5.41) is 6.07. The third-order valence-corrected chi connectivity index (χ3v) is 5.23. The zero-order valence-electron chi connectivity index (χ0n) is 14.7. The second kappa shape index (κ2) is 7.67. The molecule has 0 spiro atoms. The van der Waals surface area contributed by atoms with Gasteiger partial charge in [0.1, 0.15) is 5.76 Å². The second-order valence-electron chi connectivity index (χ2n) is 5.67. The highest BCUT2D eigenvalue weighted by Gasteiger charge is 2.21. The predicted molar refractivity (Wildman–Crippen MR) is 92.1 cm³/mol. The lowest BCUT2D eigenvalue weighted by Crippen LogP contribution is -2.30. The van der Waals surface area contributed by atoms with Gasteiger partial charge in [0, 0.05) is 20.2 Å². The van der Waals surface area contributed by atoms with Crippen LogP contribution < -0.4 is 5.32 Å². The van der Waals surface area contributed by atoms with Crippen LogP contribution >= 0.6 is 0 Å². The number of rotatable bonds is 6. The Bertz CT molecular complexity index is 902. The SMILES string of the molecule is Cc1cc(NC(=O)C(C)OC(=O)c2ccc(S(=O)(=O)N(C)C)cc2)no1. The van der Waals surface area contributed by atoms with Crippen LogP contribution in [0.4, 0.5) is 5.82 Å². The molecule has 0 fully saturated rings. The molecule has 0 aliphatic heterocycles. The molecule has 0 aliphatic carbocycles. The summed E-state index contributed by atoms with van der Waals surface area (Å²) in [6, 6.07) is 6.77. The van der Waals surface area contributed by atoms with E-state index in [9.17, 15) is 18.0 Å². The number of sulfonamides is 1. The topological polar surface area (TPSA) is 119 Å². The van der Waals surface area contributed by atoms with Crippen LogP contribution in [0.1, 0.15) is 23.0 Å². The van der Waals surface area contributed by atoms with E-state index in [2.05, 4.69) is 10.5 Å². The highest BCUT2D eigenvalue weighted by molar-refractivity contribution is 7.89. The molecule has 1 amide bonds. The average Bonchev–Trinajstić information content (AvgIpc) is 2.99. The van der Waals surface area contributed by atoms with Gasteiger partial charge in [0.2, 0.25) is 10.0 Å². The Morgan fingerprint density at radius 3 is 2.35 bits per heavy atom. The van der Waals surface area contributed by atoms with E-state index in [4.69, 9.17) is 9.26 Å². The van der Waals surface area contributed by atoms with Gasteiger partial charge in [-0.25, -0.2) is 17.5 Å². The molecule has 0 bridgehead atoms. The van der Waals surface area contributed by atoms with Gasteiger partial charge in [-0.1, -0.05) is 5.16 Å². The van der Waals surface area contributed by atoms with E-state index in [1.807, 2.05) is 0 Å². The smallest absolute Gasteiger partial charge is 0.338 e. The first kappa shape index (κ1) is 19.6. The molecule has 1 unspecified atom stereocenters. The first-order valence-corrected chi connectivity index (χ1v) is 9.03. The standard InChI is InChI=1S/C16H19N3O6S/c1-10-9-14(18-25-10)17-15(20)11(2)24-16(21)12-5-7-13(8-6-12)26(22,23)19(3)4/h5-9,11H,1-4H3,(H,17,18,20). The molecule has 10 heteroatoms. The molecule has 0 aliphatic rings. The number of nitrogens with one attached hydrogen (secondary N) is 1. The Labute approximate surface area is 151 Å². The first-order chi connectivity index (χ1) is 12.1. The third kappa shape index (κ3) is 4.46. The largest absolute Gasteiger partial charge is 0.449 e. The summed E-state index contributed by atoms with van der Waals surface area (Å²) < 4.78 is 35.0. The fraction of sp³-hybridized carbons (Fsp3) is 0.312. The van der Waals surface area contributed by atoms with Crippen molar-refractivity contribution in [2.24, 2.45) is 0 Å². The summed E-state index contributed by atoms with van der Waals surface area (Å²) in [6.07, 6.45) is -1.08. The minimum atomic E-state index is -3.59. The number of benzene rings is 1. The van der Waals surface area contributed by atoms with Crippen LogP contribution in [0.3, 0.4) is 0 Å². The van der Waals surface area contributed by atoms with Crippen molar-refractivity contribution in [3.63, 3.8) is 0 Å². The Morgan fingerprint density at radius 2 is 1.85 bits per heavy atom. The average molecular weight is 381 g/mol. The van der Waals surface area contributed by atoms with Crippen LogP contribution in [0.15, 0.2) is 39.8 Å². The molecule has 1 aromatic heterocycles. The molecule has 140 valence electrons. The van der Waals surface area contributed by atoms with E-state index in [1.165, 1.54) is 51.4 Å². The van der Waals surface area contributed by atoms with Crippen LogP contribution in [0, 0.1) is 6.92 Å². The van der Waals surface area contributed by atoms with E-state index < -0.39 is 28.0 Å². The van der Waals surface area contributed by atoms with Gasteiger partial charge in [-0.2, -0.15) is 0 Å². The summed E-state index contributed by atoms with van der Waals surface area (Å²) in [4.78, 5) is 24.2. The number of hydrogen-bond acceptors (Lipinski definition) is 7. The zero-order valence-corrected chi connectivity index (χ0v) is 15.5. The molecule has 26 heavy (non-hydrogen) atoms. The van der Waals surface area contributed by atoms with Gasteiger partial charge < -0.3 is 14.6 Å². The summed E-state index contributed by atoms with van der Waals surface area (Å²) in [7, 11) is -0.765. The van der Waals surface area contributed by atoms with Crippen molar-refractivity contribution in [1.82, 2.24) is 9.46 Å². The van der Waals surface area contributed by atoms with Crippen molar-refractivity contribution in [2.45, 2.75) is 24.8 Å². The monoisotopic (exact) mass is 381 g/mol. The molecule has 0 radical (unpaired) electrons. The molecule has 1 aromatic carbocycles. The summed E-state index contributed by atoms with van der Waals surface area (Å²) >= 11 is 0. The molecule has 0 saturated carbocycles. The molecular formula is C16H19N3O6S. The van der Waals surface area contributed by atoms with Crippen LogP contribution in [-0.4, -0.2) is 50.0 Å². The van der Waals surface area contributed by atoms with Gasteiger partial charge >= 0.3 is 5.97 Å². The molecular weight excluding hydrogens is 362 g/mol. The number of carbonyl (C=O) groups excluding carboxylic acids is 2. The number of aryl methyl sites for hydroxylation is 1. The molecule has 1 N–H and O–H groups in total. The minimum absolute atomic E-state index is 0.0474.